The van der Waals surface area contributed by atoms with E-state index in [4.69, 9.17) is 24.7 Å². The summed E-state index contributed by atoms with van der Waals surface area (Å²) in [4.78, 5) is 37.7. The summed E-state index contributed by atoms with van der Waals surface area (Å²) < 4.78 is 24.3. The number of nitrogen functional groups attached to an aromatic ring is 1. The lowest BCUT2D eigenvalue weighted by Gasteiger charge is -2.09. The van der Waals surface area contributed by atoms with Crippen LogP contribution in [-0.4, -0.2) is 60.3 Å². The molecule has 0 amide bonds. The number of hydrogen-bond donors (Lipinski definition) is 2. The Morgan fingerprint density at radius 2 is 1.57 bits per heavy atom. The van der Waals surface area contributed by atoms with Crippen LogP contribution in [0.4, 0.5) is 11.6 Å². The first kappa shape index (κ1) is 26.6. The van der Waals surface area contributed by atoms with Gasteiger partial charge in [0.2, 0.25) is 11.6 Å². The molecule has 3 N–H and O–H groups in total. The number of carbonyl (C=O) groups excluding carboxylic acids is 2. The highest BCUT2D eigenvalue weighted by Crippen LogP contribution is 2.23. The van der Waals surface area contributed by atoms with Gasteiger partial charge in [-0.05, 0) is 17.7 Å². The number of benzene rings is 1. The molecule has 13 heteroatoms. The third kappa shape index (κ3) is 7.99. The molecule has 35 heavy (non-hydrogen) atoms. The number of carbonyl (C=O) groups is 2. The quantitative estimate of drug-likeness (QED) is 0.443. The van der Waals surface area contributed by atoms with Gasteiger partial charge in [-0.25, -0.2) is 14.8 Å². The molecule has 0 aliphatic carbocycles. The average molecular weight is 486 g/mol. The van der Waals surface area contributed by atoms with Gasteiger partial charge in [0.25, 0.3) is 11.8 Å². The number of ether oxygens (including phenoxy) is 5. The Bertz CT molecular complexity index is 1140. The predicted molar refractivity (Wildman–Crippen MR) is 125 cm³/mol. The number of anilines is 2. The molecule has 0 bridgehead atoms. The summed E-state index contributed by atoms with van der Waals surface area (Å²) in [5, 5.41) is 3.12. The zero-order chi connectivity index (χ0) is 25.8. The molecule has 2 heterocycles. The Labute approximate surface area is 201 Å². The molecule has 13 nitrogen and oxygen atoms in total. The van der Waals surface area contributed by atoms with Crippen molar-refractivity contribution in [2.75, 3.05) is 39.5 Å². The van der Waals surface area contributed by atoms with Crippen molar-refractivity contribution < 1.29 is 33.3 Å². The minimum Gasteiger partial charge on any atom is -0.497 e. The number of aromatic nitrogens is 4. The Morgan fingerprint density at radius 3 is 2.14 bits per heavy atom. The third-order valence-corrected chi connectivity index (χ3v) is 4.11. The van der Waals surface area contributed by atoms with E-state index in [0.29, 0.717) is 12.4 Å². The maximum Gasteiger partial charge on any atom is 0.362 e. The zero-order valence-corrected chi connectivity index (χ0v) is 19.9. The summed E-state index contributed by atoms with van der Waals surface area (Å²) in [6.45, 7) is 1.85. The van der Waals surface area contributed by atoms with Crippen LogP contribution >= 0.6 is 0 Å². The second kappa shape index (κ2) is 13.1. The maximum absolute atomic E-state index is 11.1. The van der Waals surface area contributed by atoms with E-state index in [9.17, 15) is 9.59 Å². The number of methoxy groups -OCH3 is 4. The van der Waals surface area contributed by atoms with Crippen LogP contribution in [-0.2, 0) is 16.1 Å². The van der Waals surface area contributed by atoms with E-state index in [1.54, 1.807) is 7.11 Å². The lowest BCUT2D eigenvalue weighted by Crippen LogP contribution is -2.09. The van der Waals surface area contributed by atoms with Crippen LogP contribution < -0.4 is 30.0 Å². The van der Waals surface area contributed by atoms with Crippen molar-refractivity contribution in [2.45, 2.75) is 13.5 Å². The van der Waals surface area contributed by atoms with Gasteiger partial charge in [-0.3, -0.25) is 4.79 Å². The monoisotopic (exact) mass is 486 g/mol. The van der Waals surface area contributed by atoms with E-state index in [1.807, 2.05) is 24.3 Å². The molecule has 1 aromatic carbocycles. The van der Waals surface area contributed by atoms with E-state index < -0.39 is 11.9 Å². The Morgan fingerprint density at radius 1 is 0.886 bits per heavy atom. The fourth-order valence-corrected chi connectivity index (χ4v) is 2.49. The van der Waals surface area contributed by atoms with E-state index in [1.165, 1.54) is 40.6 Å². The second-order valence-electron chi connectivity index (χ2n) is 6.51. The van der Waals surface area contributed by atoms with Crippen LogP contribution in [0, 0.1) is 0 Å². The summed E-state index contributed by atoms with van der Waals surface area (Å²) in [6.07, 6.45) is 2.74. The fourth-order valence-electron chi connectivity index (χ4n) is 2.49. The lowest BCUT2D eigenvalue weighted by molar-refractivity contribution is -0.132. The summed E-state index contributed by atoms with van der Waals surface area (Å²) in [5.74, 6) is 0.673. The molecule has 2 aromatic heterocycles. The van der Waals surface area contributed by atoms with Gasteiger partial charge in [0.15, 0.2) is 0 Å². The summed E-state index contributed by atoms with van der Waals surface area (Å²) in [7, 11) is 5.68. The number of hydrogen-bond acceptors (Lipinski definition) is 13. The summed E-state index contributed by atoms with van der Waals surface area (Å²) in [6, 6.07) is 7.66. The molecule has 3 aromatic rings. The number of rotatable bonds is 8. The van der Waals surface area contributed by atoms with Crippen LogP contribution in [0.2, 0.25) is 0 Å². The Kier molecular flexibility index (Phi) is 9.97. The molecule has 0 spiro atoms. The van der Waals surface area contributed by atoms with E-state index in [2.05, 4.69) is 30.0 Å². The molecule has 0 saturated carbocycles. The standard InChI is InChI=1S/C15H17N3O4.C7H9N3O3/c1-10(19)22-14-15(21-3)18-13(9-17-14)16-8-11-4-6-12(20-2)7-5-11;1-12-6-5(7(11)13-2)9-3-4(8)10-6/h4-7,9H,8H2,1-3H3,(H,16,18);3H,1-2H3,(H2,8,10). The van der Waals surface area contributed by atoms with Crippen molar-refractivity contribution in [2.24, 2.45) is 0 Å². The van der Waals surface area contributed by atoms with Crippen LogP contribution in [0.5, 0.6) is 23.4 Å². The van der Waals surface area contributed by atoms with Gasteiger partial charge in [0, 0.05) is 13.5 Å². The average Bonchev–Trinajstić information content (AvgIpc) is 2.87. The highest BCUT2D eigenvalue weighted by molar-refractivity contribution is 5.89. The van der Waals surface area contributed by atoms with Gasteiger partial charge in [-0.2, -0.15) is 9.97 Å². The Balaban J connectivity index is 0.000000283. The van der Waals surface area contributed by atoms with Crippen LogP contribution in [0.25, 0.3) is 0 Å². The number of esters is 2. The zero-order valence-electron chi connectivity index (χ0n) is 19.9. The van der Waals surface area contributed by atoms with Crippen molar-refractivity contribution >= 4 is 23.6 Å². The molecule has 0 aliphatic heterocycles. The topological polar surface area (TPSA) is 170 Å². The predicted octanol–water partition coefficient (Wildman–Crippen LogP) is 1.89. The first-order chi connectivity index (χ1) is 16.8. The number of nitrogens with two attached hydrogens (primary N) is 1. The number of nitrogens with one attached hydrogen (secondary N) is 1. The van der Waals surface area contributed by atoms with Crippen LogP contribution in [0.15, 0.2) is 36.7 Å². The minimum atomic E-state index is -0.607. The molecule has 186 valence electrons. The smallest absolute Gasteiger partial charge is 0.362 e. The SMILES string of the molecule is COC(=O)c1ncc(N)nc1OC.COc1ccc(CNc2cnc(OC(C)=O)c(OC)n2)cc1. The normalized spacial score (nSPS) is 9.74. The molecule has 0 atom stereocenters. The first-order valence-electron chi connectivity index (χ1n) is 10.0. The number of nitrogens with zero attached hydrogens (tertiary/aromatic N) is 4. The molecule has 0 radical (unpaired) electrons. The Hall–Kier alpha value is -4.68. The van der Waals surface area contributed by atoms with Crippen molar-refractivity contribution in [3.8, 4) is 23.4 Å². The largest absolute Gasteiger partial charge is 0.497 e. The van der Waals surface area contributed by atoms with Crippen molar-refractivity contribution in [1.82, 2.24) is 19.9 Å². The van der Waals surface area contributed by atoms with E-state index >= 15 is 0 Å². The molecular weight excluding hydrogens is 460 g/mol. The van der Waals surface area contributed by atoms with Gasteiger partial charge < -0.3 is 34.7 Å². The lowest BCUT2D eigenvalue weighted by atomic mass is 10.2. The second-order valence-corrected chi connectivity index (χ2v) is 6.51. The summed E-state index contributed by atoms with van der Waals surface area (Å²) in [5.41, 5.74) is 6.41. The van der Waals surface area contributed by atoms with Gasteiger partial charge in [0.1, 0.15) is 17.4 Å². The van der Waals surface area contributed by atoms with Gasteiger partial charge in [0.05, 0.1) is 40.8 Å². The van der Waals surface area contributed by atoms with Crippen LogP contribution in [0.3, 0.4) is 0 Å². The minimum absolute atomic E-state index is 0.0131. The van der Waals surface area contributed by atoms with E-state index in [-0.39, 0.29) is 29.2 Å². The molecule has 0 aliphatic rings. The van der Waals surface area contributed by atoms with Crippen molar-refractivity contribution in [1.29, 1.82) is 0 Å². The molecular formula is C22H26N6O7. The van der Waals surface area contributed by atoms with Gasteiger partial charge >= 0.3 is 11.9 Å². The molecule has 0 saturated heterocycles. The molecule has 0 unspecified atom stereocenters. The first-order valence-corrected chi connectivity index (χ1v) is 10.0. The highest BCUT2D eigenvalue weighted by Gasteiger charge is 2.16. The third-order valence-electron chi connectivity index (χ3n) is 4.11. The van der Waals surface area contributed by atoms with Crippen molar-refractivity contribution in [3.05, 3.63) is 47.9 Å². The fraction of sp³-hybridized carbons (Fsp3) is 0.273. The van der Waals surface area contributed by atoms with E-state index in [0.717, 1.165) is 11.3 Å². The van der Waals surface area contributed by atoms with Gasteiger partial charge in [-0.1, -0.05) is 12.1 Å². The van der Waals surface area contributed by atoms with Crippen molar-refractivity contribution in [3.63, 3.8) is 0 Å². The highest BCUT2D eigenvalue weighted by atomic mass is 16.6. The molecule has 0 fully saturated rings. The summed E-state index contributed by atoms with van der Waals surface area (Å²) >= 11 is 0. The van der Waals surface area contributed by atoms with Crippen LogP contribution in [0.1, 0.15) is 23.0 Å². The molecule has 3 rings (SSSR count). The maximum atomic E-state index is 11.1. The van der Waals surface area contributed by atoms with Gasteiger partial charge in [-0.15, -0.1) is 0 Å².